The summed E-state index contributed by atoms with van der Waals surface area (Å²) in [5.41, 5.74) is 1.95. The maximum absolute atomic E-state index is 4.87. The number of aromatic amines is 1. The molecule has 26 heavy (non-hydrogen) atoms. The second-order valence-electron chi connectivity index (χ2n) is 6.69. The van der Waals surface area contributed by atoms with Crippen LogP contribution < -0.4 is 10.6 Å². The molecule has 1 fully saturated rings. The second-order valence-corrected chi connectivity index (χ2v) is 6.69. The third kappa shape index (κ3) is 2.68. The lowest BCUT2D eigenvalue weighted by Gasteiger charge is -2.23. The molecule has 6 nitrogen and oxygen atoms in total. The van der Waals surface area contributed by atoms with Crippen LogP contribution in [0, 0.1) is 0 Å². The average molecular weight is 344 g/mol. The summed E-state index contributed by atoms with van der Waals surface area (Å²) in [6, 6.07) is 16.4. The Balaban J connectivity index is 1.61. The fraction of sp³-hybridized carbons (Fsp3) is 0.250. The number of H-pyrrole nitrogens is 1. The van der Waals surface area contributed by atoms with Crippen LogP contribution >= 0.6 is 0 Å². The molecule has 1 saturated heterocycles. The Bertz CT molecular complexity index is 1060. The van der Waals surface area contributed by atoms with E-state index < -0.39 is 0 Å². The quantitative estimate of drug-likeness (QED) is 0.522. The molecule has 5 rings (SSSR count). The van der Waals surface area contributed by atoms with Crippen molar-refractivity contribution < 1.29 is 0 Å². The van der Waals surface area contributed by atoms with Gasteiger partial charge in [0.15, 0.2) is 5.82 Å². The van der Waals surface area contributed by atoms with Gasteiger partial charge in [-0.05, 0) is 43.7 Å². The Morgan fingerprint density at radius 1 is 0.885 bits per heavy atom. The van der Waals surface area contributed by atoms with Crippen LogP contribution in [0.4, 0.5) is 11.6 Å². The summed E-state index contributed by atoms with van der Waals surface area (Å²) in [7, 11) is 0. The van der Waals surface area contributed by atoms with Crippen molar-refractivity contribution in [3.63, 3.8) is 0 Å². The van der Waals surface area contributed by atoms with Crippen molar-refractivity contribution in [3.8, 4) is 0 Å². The highest BCUT2D eigenvalue weighted by Gasteiger charge is 2.20. The molecule has 0 spiro atoms. The number of para-hydroxylation sites is 2. The van der Waals surface area contributed by atoms with E-state index in [0.717, 1.165) is 52.2 Å². The number of piperidine rings is 1. The number of hydrogen-bond donors (Lipinski definition) is 3. The summed E-state index contributed by atoms with van der Waals surface area (Å²) in [6.07, 6.45) is 3.50. The lowest BCUT2D eigenvalue weighted by atomic mass is 10.0. The molecule has 0 radical (unpaired) electrons. The Hall–Kier alpha value is -2.99. The van der Waals surface area contributed by atoms with Gasteiger partial charge in [-0.1, -0.05) is 30.7 Å². The summed E-state index contributed by atoms with van der Waals surface area (Å²) in [5.74, 6) is 2.44. The number of rotatable bonds is 3. The van der Waals surface area contributed by atoms with Crippen LogP contribution in [0.5, 0.6) is 0 Å². The largest absolute Gasteiger partial charge is 0.322 e. The Labute approximate surface area is 151 Å². The zero-order valence-electron chi connectivity index (χ0n) is 14.4. The molecule has 6 heteroatoms. The fourth-order valence-electron chi connectivity index (χ4n) is 3.59. The molecular formula is C20H20N6. The molecule has 2 aromatic carbocycles. The van der Waals surface area contributed by atoms with Crippen molar-refractivity contribution in [1.82, 2.24) is 25.5 Å². The first-order chi connectivity index (χ1) is 12.9. The predicted octanol–water partition coefficient (Wildman–Crippen LogP) is 4.06. The lowest BCUT2D eigenvalue weighted by Crippen LogP contribution is -2.28. The maximum Gasteiger partial charge on any atom is 0.161 e. The van der Waals surface area contributed by atoms with E-state index in [2.05, 4.69) is 20.8 Å². The van der Waals surface area contributed by atoms with Crippen LogP contribution in [-0.2, 0) is 0 Å². The molecule has 3 heterocycles. The summed E-state index contributed by atoms with van der Waals surface area (Å²) in [4.78, 5) is 9.68. The number of nitrogens with zero attached hydrogens (tertiary/aromatic N) is 3. The summed E-state index contributed by atoms with van der Waals surface area (Å²) in [6.45, 7) is 1.02. The third-order valence-electron chi connectivity index (χ3n) is 4.95. The second kappa shape index (κ2) is 6.38. The van der Waals surface area contributed by atoms with Crippen LogP contribution in [0.1, 0.15) is 31.1 Å². The molecule has 1 atom stereocenters. The average Bonchev–Trinajstić information content (AvgIpc) is 3.11. The monoisotopic (exact) mass is 344 g/mol. The van der Waals surface area contributed by atoms with Crippen molar-refractivity contribution >= 4 is 33.4 Å². The van der Waals surface area contributed by atoms with Crippen molar-refractivity contribution in [2.75, 3.05) is 11.9 Å². The number of aromatic nitrogens is 4. The molecule has 4 aromatic rings. The van der Waals surface area contributed by atoms with Crippen LogP contribution in [0.2, 0.25) is 0 Å². The van der Waals surface area contributed by atoms with Gasteiger partial charge in [0.1, 0.15) is 11.6 Å². The van der Waals surface area contributed by atoms with Crippen LogP contribution in [0.3, 0.4) is 0 Å². The highest BCUT2D eigenvalue weighted by atomic mass is 15.2. The molecule has 1 aliphatic rings. The maximum atomic E-state index is 4.87. The molecule has 0 amide bonds. The third-order valence-corrected chi connectivity index (χ3v) is 4.95. The zero-order chi connectivity index (χ0) is 17.3. The molecule has 0 saturated carbocycles. The first-order valence-electron chi connectivity index (χ1n) is 9.09. The Morgan fingerprint density at radius 3 is 2.62 bits per heavy atom. The molecule has 3 N–H and O–H groups in total. The van der Waals surface area contributed by atoms with Gasteiger partial charge in [-0.25, -0.2) is 9.97 Å². The van der Waals surface area contributed by atoms with E-state index in [4.69, 9.17) is 9.97 Å². The van der Waals surface area contributed by atoms with Crippen molar-refractivity contribution in [3.05, 3.63) is 54.4 Å². The minimum atomic E-state index is 0.213. The standard InChI is InChI=1S/C20H20N6/c1-3-9-15-13(7-1)18(24-20(22-15)17-11-5-6-12-21-17)23-19-14-8-2-4-10-16(14)25-26-19/h1-4,7-10,17,21H,5-6,11-12H2,(H2,22,23,24,25,26). The number of benzene rings is 2. The number of fused-ring (bicyclic) bond motifs is 2. The van der Waals surface area contributed by atoms with E-state index in [0.29, 0.717) is 0 Å². The van der Waals surface area contributed by atoms with Crippen molar-refractivity contribution in [2.45, 2.75) is 25.3 Å². The van der Waals surface area contributed by atoms with Gasteiger partial charge in [-0.2, -0.15) is 5.10 Å². The van der Waals surface area contributed by atoms with E-state index in [1.807, 2.05) is 48.5 Å². The SMILES string of the molecule is c1ccc2c(Nc3n[nH]c4ccccc34)nc(C3CCCCN3)nc2c1. The fourth-order valence-corrected chi connectivity index (χ4v) is 3.59. The smallest absolute Gasteiger partial charge is 0.161 e. The molecule has 130 valence electrons. The van der Waals surface area contributed by atoms with E-state index in [9.17, 15) is 0 Å². The molecule has 0 aliphatic carbocycles. The number of anilines is 2. The topological polar surface area (TPSA) is 78.5 Å². The number of hydrogen-bond acceptors (Lipinski definition) is 5. The van der Waals surface area contributed by atoms with Crippen LogP contribution in [0.15, 0.2) is 48.5 Å². The normalized spacial score (nSPS) is 17.6. The van der Waals surface area contributed by atoms with Gasteiger partial charge < -0.3 is 10.6 Å². The van der Waals surface area contributed by atoms with Crippen LogP contribution in [0.25, 0.3) is 21.8 Å². The van der Waals surface area contributed by atoms with E-state index in [1.165, 1.54) is 12.8 Å². The zero-order valence-corrected chi connectivity index (χ0v) is 14.4. The number of nitrogens with one attached hydrogen (secondary N) is 3. The predicted molar refractivity (Wildman–Crippen MR) is 104 cm³/mol. The van der Waals surface area contributed by atoms with Gasteiger partial charge in [0.25, 0.3) is 0 Å². The summed E-state index contributed by atoms with van der Waals surface area (Å²) >= 11 is 0. The van der Waals surface area contributed by atoms with Crippen molar-refractivity contribution in [1.29, 1.82) is 0 Å². The highest BCUT2D eigenvalue weighted by molar-refractivity contribution is 5.96. The lowest BCUT2D eigenvalue weighted by molar-refractivity contribution is 0.398. The van der Waals surface area contributed by atoms with Gasteiger partial charge in [0.05, 0.1) is 17.1 Å². The van der Waals surface area contributed by atoms with Gasteiger partial charge in [-0.15, -0.1) is 0 Å². The molecule has 0 bridgehead atoms. The van der Waals surface area contributed by atoms with Gasteiger partial charge in [-0.3, -0.25) is 5.10 Å². The van der Waals surface area contributed by atoms with E-state index >= 15 is 0 Å². The molecule has 2 aromatic heterocycles. The van der Waals surface area contributed by atoms with E-state index in [-0.39, 0.29) is 6.04 Å². The van der Waals surface area contributed by atoms with E-state index in [1.54, 1.807) is 0 Å². The minimum absolute atomic E-state index is 0.213. The molecule has 1 unspecified atom stereocenters. The van der Waals surface area contributed by atoms with Gasteiger partial charge >= 0.3 is 0 Å². The Kier molecular flexibility index (Phi) is 3.75. The Morgan fingerprint density at radius 2 is 1.73 bits per heavy atom. The summed E-state index contributed by atoms with van der Waals surface area (Å²) in [5, 5.41) is 16.5. The minimum Gasteiger partial charge on any atom is -0.322 e. The molecular weight excluding hydrogens is 324 g/mol. The van der Waals surface area contributed by atoms with Gasteiger partial charge in [0.2, 0.25) is 0 Å². The highest BCUT2D eigenvalue weighted by Crippen LogP contribution is 2.29. The first kappa shape index (κ1) is 15.3. The molecule has 1 aliphatic heterocycles. The van der Waals surface area contributed by atoms with Crippen molar-refractivity contribution in [2.24, 2.45) is 0 Å². The van der Waals surface area contributed by atoms with Crippen LogP contribution in [-0.4, -0.2) is 26.7 Å². The summed E-state index contributed by atoms with van der Waals surface area (Å²) < 4.78 is 0. The first-order valence-corrected chi connectivity index (χ1v) is 9.09. The van der Waals surface area contributed by atoms with Gasteiger partial charge in [0, 0.05) is 10.8 Å².